The summed E-state index contributed by atoms with van der Waals surface area (Å²) >= 11 is 0. The molecule has 198 valence electrons. The first-order valence-electron chi connectivity index (χ1n) is 11.6. The summed E-state index contributed by atoms with van der Waals surface area (Å²) in [5.74, 6) is 0.646. The van der Waals surface area contributed by atoms with Crippen LogP contribution in [0.3, 0.4) is 0 Å². The Hall–Kier alpha value is -5.52. The average Bonchev–Trinajstić information content (AvgIpc) is 2.87. The molecule has 0 spiro atoms. The number of aromatic nitrogens is 3. The standard InChI is InChI=1S/C27H24N6O6/c1-16(34)37-22-10-4-19(5-11-22)28-25-31-26(29-20-6-12-23(13-7-20)38-17(2)35)33-27(32-25)30-21-8-14-24(15-9-21)39-18(3)36/h4-15H,1-3H3,(H3,28,29,30,31,32,33). The van der Waals surface area contributed by atoms with Crippen LogP contribution in [0.15, 0.2) is 72.8 Å². The Morgan fingerprint density at radius 3 is 0.897 bits per heavy atom. The van der Waals surface area contributed by atoms with Crippen LogP contribution in [0.2, 0.25) is 0 Å². The van der Waals surface area contributed by atoms with Gasteiger partial charge < -0.3 is 30.2 Å². The highest BCUT2D eigenvalue weighted by Gasteiger charge is 2.10. The van der Waals surface area contributed by atoms with E-state index in [2.05, 4.69) is 30.9 Å². The molecule has 1 heterocycles. The summed E-state index contributed by atoms with van der Waals surface area (Å²) in [4.78, 5) is 46.8. The second-order valence-electron chi connectivity index (χ2n) is 8.04. The van der Waals surface area contributed by atoms with Crippen LogP contribution in [0.1, 0.15) is 20.8 Å². The minimum absolute atomic E-state index is 0.225. The van der Waals surface area contributed by atoms with Gasteiger partial charge in [0.2, 0.25) is 17.8 Å². The van der Waals surface area contributed by atoms with Crippen LogP contribution in [0, 0.1) is 0 Å². The predicted molar refractivity (Wildman–Crippen MR) is 143 cm³/mol. The average molecular weight is 529 g/mol. The monoisotopic (exact) mass is 528 g/mol. The lowest BCUT2D eigenvalue weighted by molar-refractivity contribution is -0.132. The van der Waals surface area contributed by atoms with Gasteiger partial charge in [-0.2, -0.15) is 15.0 Å². The van der Waals surface area contributed by atoms with Crippen molar-refractivity contribution in [2.24, 2.45) is 0 Å². The number of nitrogens with zero attached hydrogens (tertiary/aromatic N) is 3. The Morgan fingerprint density at radius 2 is 0.692 bits per heavy atom. The van der Waals surface area contributed by atoms with Gasteiger partial charge in [0.05, 0.1) is 0 Å². The van der Waals surface area contributed by atoms with Crippen LogP contribution in [0.25, 0.3) is 0 Å². The summed E-state index contributed by atoms with van der Waals surface area (Å²) in [5.41, 5.74) is 1.93. The summed E-state index contributed by atoms with van der Waals surface area (Å²) in [5, 5.41) is 9.30. The van der Waals surface area contributed by atoms with Crippen molar-refractivity contribution in [3.05, 3.63) is 72.8 Å². The van der Waals surface area contributed by atoms with Gasteiger partial charge in [-0.3, -0.25) is 14.4 Å². The molecule has 4 aromatic rings. The molecule has 0 saturated heterocycles. The number of hydrogen-bond donors (Lipinski definition) is 3. The summed E-state index contributed by atoms with van der Waals surface area (Å²) < 4.78 is 15.2. The Bertz CT molecular complexity index is 1280. The van der Waals surface area contributed by atoms with Gasteiger partial charge in [-0.1, -0.05) is 0 Å². The highest BCUT2D eigenvalue weighted by molar-refractivity contribution is 5.71. The number of ether oxygens (including phenoxy) is 3. The zero-order valence-electron chi connectivity index (χ0n) is 21.2. The Labute approximate surface area is 223 Å². The molecule has 39 heavy (non-hydrogen) atoms. The van der Waals surface area contributed by atoms with E-state index >= 15 is 0 Å². The van der Waals surface area contributed by atoms with Crippen LogP contribution >= 0.6 is 0 Å². The maximum atomic E-state index is 11.2. The van der Waals surface area contributed by atoms with Gasteiger partial charge in [-0.25, -0.2) is 0 Å². The van der Waals surface area contributed by atoms with E-state index in [0.29, 0.717) is 34.3 Å². The van der Waals surface area contributed by atoms with Crippen LogP contribution < -0.4 is 30.2 Å². The summed E-state index contributed by atoms with van der Waals surface area (Å²) in [7, 11) is 0. The minimum Gasteiger partial charge on any atom is -0.427 e. The molecule has 0 radical (unpaired) electrons. The first-order valence-corrected chi connectivity index (χ1v) is 11.6. The van der Waals surface area contributed by atoms with Gasteiger partial charge in [0.1, 0.15) is 17.2 Å². The van der Waals surface area contributed by atoms with Gasteiger partial charge in [0.15, 0.2) is 0 Å². The van der Waals surface area contributed by atoms with E-state index in [0.717, 1.165) is 0 Å². The van der Waals surface area contributed by atoms with Crippen molar-refractivity contribution in [1.29, 1.82) is 0 Å². The van der Waals surface area contributed by atoms with Gasteiger partial charge in [0.25, 0.3) is 0 Å². The van der Waals surface area contributed by atoms with E-state index in [1.54, 1.807) is 72.8 Å². The van der Waals surface area contributed by atoms with Crippen molar-refractivity contribution in [2.45, 2.75) is 20.8 Å². The third-order valence-corrected chi connectivity index (χ3v) is 4.75. The first kappa shape index (κ1) is 26.5. The molecule has 12 nitrogen and oxygen atoms in total. The van der Waals surface area contributed by atoms with E-state index in [1.807, 2.05) is 0 Å². The number of nitrogens with one attached hydrogen (secondary N) is 3. The minimum atomic E-state index is -0.415. The molecule has 0 aliphatic rings. The molecule has 4 rings (SSSR count). The number of rotatable bonds is 9. The molecule has 0 aliphatic carbocycles. The molecule has 0 aliphatic heterocycles. The predicted octanol–water partition coefficient (Wildman–Crippen LogP) is 4.88. The molecule has 12 heteroatoms. The molecule has 0 saturated carbocycles. The maximum absolute atomic E-state index is 11.2. The van der Waals surface area contributed by atoms with E-state index in [-0.39, 0.29) is 17.8 Å². The first-order chi connectivity index (χ1) is 18.7. The molecular weight excluding hydrogens is 504 g/mol. The lowest BCUT2D eigenvalue weighted by atomic mass is 10.3. The number of carbonyl (C=O) groups excluding carboxylic acids is 3. The van der Waals surface area contributed by atoms with E-state index in [1.165, 1.54) is 20.8 Å². The van der Waals surface area contributed by atoms with Crippen molar-refractivity contribution in [3.63, 3.8) is 0 Å². The molecule has 0 unspecified atom stereocenters. The van der Waals surface area contributed by atoms with Gasteiger partial charge in [0, 0.05) is 37.8 Å². The van der Waals surface area contributed by atoms with Gasteiger partial charge in [-0.05, 0) is 72.8 Å². The molecular formula is C27H24N6O6. The fourth-order valence-corrected chi connectivity index (χ4v) is 3.25. The smallest absolute Gasteiger partial charge is 0.308 e. The van der Waals surface area contributed by atoms with Crippen LogP contribution in [0.4, 0.5) is 34.9 Å². The Kier molecular flexibility index (Phi) is 8.27. The number of anilines is 6. The normalized spacial score (nSPS) is 10.2. The molecule has 3 N–H and O–H groups in total. The summed E-state index contributed by atoms with van der Waals surface area (Å²) in [6.45, 7) is 3.98. The molecule has 1 aromatic heterocycles. The fraction of sp³-hybridized carbons (Fsp3) is 0.111. The number of benzene rings is 3. The van der Waals surface area contributed by atoms with Crippen molar-refractivity contribution < 1.29 is 28.6 Å². The molecule has 3 aromatic carbocycles. The van der Waals surface area contributed by atoms with E-state index < -0.39 is 17.9 Å². The van der Waals surface area contributed by atoms with Gasteiger partial charge >= 0.3 is 17.9 Å². The Morgan fingerprint density at radius 1 is 0.462 bits per heavy atom. The number of carbonyl (C=O) groups is 3. The van der Waals surface area contributed by atoms with Crippen LogP contribution in [0.5, 0.6) is 17.2 Å². The molecule has 0 amide bonds. The highest BCUT2D eigenvalue weighted by atomic mass is 16.5. The van der Waals surface area contributed by atoms with E-state index in [9.17, 15) is 14.4 Å². The third kappa shape index (κ3) is 8.25. The van der Waals surface area contributed by atoms with Crippen molar-refractivity contribution >= 4 is 52.8 Å². The van der Waals surface area contributed by atoms with Crippen LogP contribution in [-0.2, 0) is 14.4 Å². The molecule has 0 atom stereocenters. The lowest BCUT2D eigenvalue weighted by Gasteiger charge is -2.12. The fourth-order valence-electron chi connectivity index (χ4n) is 3.25. The second kappa shape index (κ2) is 12.1. The van der Waals surface area contributed by atoms with Crippen molar-refractivity contribution in [2.75, 3.05) is 16.0 Å². The molecule has 0 bridgehead atoms. The zero-order chi connectivity index (χ0) is 27.8. The van der Waals surface area contributed by atoms with Gasteiger partial charge in [-0.15, -0.1) is 0 Å². The van der Waals surface area contributed by atoms with Crippen LogP contribution in [-0.4, -0.2) is 32.9 Å². The maximum Gasteiger partial charge on any atom is 0.308 e. The third-order valence-electron chi connectivity index (χ3n) is 4.75. The van der Waals surface area contributed by atoms with Crippen molar-refractivity contribution in [3.8, 4) is 17.2 Å². The quantitative estimate of drug-likeness (QED) is 0.200. The van der Waals surface area contributed by atoms with Crippen molar-refractivity contribution in [1.82, 2.24) is 15.0 Å². The topological polar surface area (TPSA) is 154 Å². The largest absolute Gasteiger partial charge is 0.427 e. The SMILES string of the molecule is CC(=O)Oc1ccc(Nc2nc(Nc3ccc(OC(C)=O)cc3)nc(Nc3ccc(OC(C)=O)cc3)n2)cc1. The molecule has 0 fully saturated rings. The lowest BCUT2D eigenvalue weighted by Crippen LogP contribution is -2.08. The zero-order valence-corrected chi connectivity index (χ0v) is 21.2. The highest BCUT2D eigenvalue weighted by Crippen LogP contribution is 2.24. The number of hydrogen-bond acceptors (Lipinski definition) is 12. The second-order valence-corrected chi connectivity index (χ2v) is 8.04. The summed E-state index contributed by atoms with van der Waals surface area (Å²) in [6, 6.07) is 20.1. The summed E-state index contributed by atoms with van der Waals surface area (Å²) in [6.07, 6.45) is 0. The van der Waals surface area contributed by atoms with E-state index in [4.69, 9.17) is 14.2 Å². The Balaban J connectivity index is 1.57. The number of esters is 3.